The molecule has 3 unspecified atom stereocenters. The highest BCUT2D eigenvalue weighted by Gasteiger charge is 2.26. The fourth-order valence-corrected chi connectivity index (χ4v) is 2.60. The van der Waals surface area contributed by atoms with E-state index in [9.17, 15) is 5.11 Å². The van der Waals surface area contributed by atoms with E-state index in [4.69, 9.17) is 4.42 Å². The quantitative estimate of drug-likeness (QED) is 0.806. The molecule has 90 valence electrons. The van der Waals surface area contributed by atoms with E-state index in [-0.39, 0.29) is 12.6 Å². The summed E-state index contributed by atoms with van der Waals surface area (Å²) in [4.78, 5) is 0. The van der Waals surface area contributed by atoms with Gasteiger partial charge >= 0.3 is 0 Å². The summed E-state index contributed by atoms with van der Waals surface area (Å²) in [5.74, 6) is 1.69. The maximum atomic E-state index is 9.36. The Labute approximate surface area is 96.8 Å². The maximum Gasteiger partial charge on any atom is 0.123 e. The Balaban J connectivity index is 1.88. The third-order valence-electron chi connectivity index (χ3n) is 3.62. The van der Waals surface area contributed by atoms with Crippen molar-refractivity contribution in [2.75, 3.05) is 6.61 Å². The summed E-state index contributed by atoms with van der Waals surface area (Å²) in [5.41, 5.74) is 0. The van der Waals surface area contributed by atoms with Crippen molar-refractivity contribution in [3.05, 3.63) is 24.2 Å². The van der Waals surface area contributed by atoms with Gasteiger partial charge in [0.15, 0.2) is 0 Å². The SMILES string of the molecule is CCC1CCC(NC(CO)c2ccco2)C1. The molecule has 3 heteroatoms. The van der Waals surface area contributed by atoms with Gasteiger partial charge in [0.1, 0.15) is 5.76 Å². The topological polar surface area (TPSA) is 45.4 Å². The molecule has 3 nitrogen and oxygen atoms in total. The van der Waals surface area contributed by atoms with Crippen LogP contribution in [0.2, 0.25) is 0 Å². The fraction of sp³-hybridized carbons (Fsp3) is 0.692. The summed E-state index contributed by atoms with van der Waals surface area (Å²) < 4.78 is 5.33. The Morgan fingerprint density at radius 1 is 1.56 bits per heavy atom. The highest BCUT2D eigenvalue weighted by Crippen LogP contribution is 2.29. The number of rotatable bonds is 5. The van der Waals surface area contributed by atoms with Crippen molar-refractivity contribution < 1.29 is 9.52 Å². The van der Waals surface area contributed by atoms with E-state index in [1.807, 2.05) is 12.1 Å². The zero-order valence-corrected chi connectivity index (χ0v) is 9.86. The zero-order chi connectivity index (χ0) is 11.4. The summed E-state index contributed by atoms with van der Waals surface area (Å²) in [6.45, 7) is 2.35. The summed E-state index contributed by atoms with van der Waals surface area (Å²) in [5, 5.41) is 12.8. The maximum absolute atomic E-state index is 9.36. The Morgan fingerprint density at radius 3 is 3.00 bits per heavy atom. The van der Waals surface area contributed by atoms with Gasteiger partial charge < -0.3 is 14.8 Å². The van der Waals surface area contributed by atoms with Gasteiger partial charge in [0.25, 0.3) is 0 Å². The van der Waals surface area contributed by atoms with Gasteiger partial charge in [-0.15, -0.1) is 0 Å². The third kappa shape index (κ3) is 2.66. The minimum absolute atomic E-state index is 0.0457. The van der Waals surface area contributed by atoms with Crippen LogP contribution in [0.3, 0.4) is 0 Å². The van der Waals surface area contributed by atoms with Crippen LogP contribution >= 0.6 is 0 Å². The van der Waals surface area contributed by atoms with E-state index in [1.54, 1.807) is 6.26 Å². The molecule has 2 rings (SSSR count). The first kappa shape index (κ1) is 11.7. The van der Waals surface area contributed by atoms with E-state index in [2.05, 4.69) is 12.2 Å². The molecule has 1 aliphatic carbocycles. The van der Waals surface area contributed by atoms with Crippen molar-refractivity contribution in [2.24, 2.45) is 5.92 Å². The van der Waals surface area contributed by atoms with Crippen molar-refractivity contribution >= 4 is 0 Å². The highest BCUT2D eigenvalue weighted by atomic mass is 16.3. The van der Waals surface area contributed by atoms with Crippen molar-refractivity contribution in [3.63, 3.8) is 0 Å². The van der Waals surface area contributed by atoms with Crippen LogP contribution in [0, 0.1) is 5.92 Å². The van der Waals surface area contributed by atoms with E-state index >= 15 is 0 Å². The lowest BCUT2D eigenvalue weighted by atomic mass is 10.1. The molecule has 0 spiro atoms. The molecule has 0 aliphatic heterocycles. The van der Waals surface area contributed by atoms with Gasteiger partial charge in [0.05, 0.1) is 18.9 Å². The summed E-state index contributed by atoms with van der Waals surface area (Å²) in [7, 11) is 0. The predicted molar refractivity (Wildman–Crippen MR) is 63.1 cm³/mol. The van der Waals surface area contributed by atoms with Gasteiger partial charge in [-0.1, -0.05) is 13.3 Å². The minimum atomic E-state index is -0.0457. The number of aliphatic hydroxyl groups is 1. The predicted octanol–water partition coefficient (Wildman–Crippen LogP) is 2.48. The van der Waals surface area contributed by atoms with Gasteiger partial charge in [-0.3, -0.25) is 0 Å². The van der Waals surface area contributed by atoms with Crippen LogP contribution < -0.4 is 5.32 Å². The number of hydrogen-bond acceptors (Lipinski definition) is 3. The monoisotopic (exact) mass is 223 g/mol. The number of aliphatic hydroxyl groups excluding tert-OH is 1. The van der Waals surface area contributed by atoms with Crippen molar-refractivity contribution in [1.82, 2.24) is 5.32 Å². The smallest absolute Gasteiger partial charge is 0.123 e. The van der Waals surface area contributed by atoms with E-state index in [1.165, 1.54) is 25.7 Å². The number of furan rings is 1. The molecule has 1 aromatic heterocycles. The molecule has 1 aromatic rings. The van der Waals surface area contributed by atoms with Crippen molar-refractivity contribution in [1.29, 1.82) is 0 Å². The highest BCUT2D eigenvalue weighted by molar-refractivity contribution is 5.05. The zero-order valence-electron chi connectivity index (χ0n) is 9.86. The van der Waals surface area contributed by atoms with Crippen LogP contribution in [0.4, 0.5) is 0 Å². The molecular formula is C13H21NO2. The summed E-state index contributed by atoms with van der Waals surface area (Å²) in [6.07, 6.45) is 6.68. The number of nitrogens with one attached hydrogen (secondary N) is 1. The molecule has 0 radical (unpaired) electrons. The molecule has 0 amide bonds. The summed E-state index contributed by atoms with van der Waals surface area (Å²) in [6, 6.07) is 4.27. The van der Waals surface area contributed by atoms with Gasteiger partial charge in [-0.2, -0.15) is 0 Å². The van der Waals surface area contributed by atoms with E-state index in [0.717, 1.165) is 11.7 Å². The van der Waals surface area contributed by atoms with Crippen LogP contribution in [-0.2, 0) is 0 Å². The molecule has 0 bridgehead atoms. The van der Waals surface area contributed by atoms with Gasteiger partial charge in [-0.25, -0.2) is 0 Å². The van der Waals surface area contributed by atoms with Crippen molar-refractivity contribution in [3.8, 4) is 0 Å². The Morgan fingerprint density at radius 2 is 2.44 bits per heavy atom. The van der Waals surface area contributed by atoms with Crippen LogP contribution in [0.5, 0.6) is 0 Å². The molecule has 1 fully saturated rings. The molecule has 1 saturated carbocycles. The first-order valence-corrected chi connectivity index (χ1v) is 6.23. The van der Waals surface area contributed by atoms with Crippen molar-refractivity contribution in [2.45, 2.75) is 44.7 Å². The lowest BCUT2D eigenvalue weighted by Gasteiger charge is -2.19. The molecule has 1 heterocycles. The van der Waals surface area contributed by atoms with Crippen LogP contribution in [0.25, 0.3) is 0 Å². The van der Waals surface area contributed by atoms with Crippen LogP contribution in [-0.4, -0.2) is 17.8 Å². The molecule has 0 saturated heterocycles. The number of hydrogen-bond donors (Lipinski definition) is 2. The second-order valence-corrected chi connectivity index (χ2v) is 4.70. The van der Waals surface area contributed by atoms with E-state index < -0.39 is 0 Å². The molecule has 0 aromatic carbocycles. The minimum Gasteiger partial charge on any atom is -0.468 e. The van der Waals surface area contributed by atoms with Gasteiger partial charge in [-0.05, 0) is 37.3 Å². The fourth-order valence-electron chi connectivity index (χ4n) is 2.60. The largest absolute Gasteiger partial charge is 0.468 e. The Bertz CT molecular complexity index is 297. The second-order valence-electron chi connectivity index (χ2n) is 4.70. The average molecular weight is 223 g/mol. The third-order valence-corrected chi connectivity index (χ3v) is 3.62. The second kappa shape index (κ2) is 5.51. The first-order chi connectivity index (χ1) is 7.83. The van der Waals surface area contributed by atoms with Crippen LogP contribution in [0.1, 0.15) is 44.4 Å². The lowest BCUT2D eigenvalue weighted by molar-refractivity contribution is 0.214. The van der Waals surface area contributed by atoms with Crippen LogP contribution in [0.15, 0.2) is 22.8 Å². The molecule has 1 aliphatic rings. The van der Waals surface area contributed by atoms with Gasteiger partial charge in [0.2, 0.25) is 0 Å². The summed E-state index contributed by atoms with van der Waals surface area (Å²) >= 11 is 0. The first-order valence-electron chi connectivity index (χ1n) is 6.23. The molecule has 3 atom stereocenters. The molecule has 2 N–H and O–H groups in total. The molecule has 16 heavy (non-hydrogen) atoms. The Kier molecular flexibility index (Phi) is 4.02. The van der Waals surface area contributed by atoms with Gasteiger partial charge in [0, 0.05) is 6.04 Å². The molecular weight excluding hydrogens is 202 g/mol. The Hall–Kier alpha value is -0.800. The standard InChI is InChI=1S/C13H21NO2/c1-2-10-5-6-11(8-10)14-12(9-15)13-4-3-7-16-13/h3-4,7,10-12,14-15H,2,5-6,8-9H2,1H3. The normalized spacial score (nSPS) is 27.1. The lowest BCUT2D eigenvalue weighted by Crippen LogP contribution is -2.32. The van der Waals surface area contributed by atoms with E-state index in [0.29, 0.717) is 6.04 Å². The average Bonchev–Trinajstić information content (AvgIpc) is 2.96.